The second-order valence-corrected chi connectivity index (χ2v) is 6.74. The third kappa shape index (κ3) is 6.70. The molecule has 1 aliphatic carbocycles. The number of urea groups is 1. The molecule has 0 atom stereocenters. The molecule has 1 aromatic carbocycles. The minimum absolute atomic E-state index is 0.0782. The van der Waals surface area contributed by atoms with Crippen LogP contribution in [0.3, 0.4) is 0 Å². The number of amides is 3. The number of halogens is 1. The normalized spacial score (nSPS) is 14.7. The van der Waals surface area contributed by atoms with Crippen molar-refractivity contribution in [1.82, 2.24) is 10.6 Å². The molecule has 7 heteroatoms. The van der Waals surface area contributed by atoms with Crippen LogP contribution in [0.5, 0.6) is 0 Å². The second kappa shape index (κ2) is 9.42. The highest BCUT2D eigenvalue weighted by Gasteiger charge is 2.17. The molecule has 0 aromatic heterocycles. The summed E-state index contributed by atoms with van der Waals surface area (Å²) in [6, 6.07) is 6.82. The Kier molecular flexibility index (Phi) is 7.24. The first kappa shape index (κ1) is 18.4. The average molecular weight is 397 g/mol. The van der Waals surface area contributed by atoms with Crippen LogP contribution in [0.15, 0.2) is 28.7 Å². The summed E-state index contributed by atoms with van der Waals surface area (Å²) in [5.41, 5.74) is 0.790. The molecule has 24 heavy (non-hydrogen) atoms. The third-order valence-electron chi connectivity index (χ3n) is 3.82. The van der Waals surface area contributed by atoms with Crippen molar-refractivity contribution in [2.45, 2.75) is 44.6 Å². The molecule has 1 aromatic rings. The monoisotopic (exact) mass is 396 g/mol. The number of carbonyl (C=O) groups excluding carboxylic acids is 3. The second-order valence-electron chi connectivity index (χ2n) is 5.82. The highest BCUT2D eigenvalue weighted by molar-refractivity contribution is 9.10. The van der Waals surface area contributed by atoms with Gasteiger partial charge >= 0.3 is 12.0 Å². The van der Waals surface area contributed by atoms with Gasteiger partial charge in [0.25, 0.3) is 5.91 Å². The molecule has 0 spiro atoms. The molecule has 1 aliphatic rings. The van der Waals surface area contributed by atoms with Crippen molar-refractivity contribution in [2.75, 3.05) is 6.61 Å². The predicted molar refractivity (Wildman–Crippen MR) is 92.4 cm³/mol. The van der Waals surface area contributed by atoms with Crippen molar-refractivity contribution in [3.8, 4) is 0 Å². The minimum Gasteiger partial charge on any atom is -0.455 e. The molecule has 0 radical (unpaired) electrons. The first-order chi connectivity index (χ1) is 11.5. The van der Waals surface area contributed by atoms with E-state index in [-0.39, 0.29) is 12.5 Å². The van der Waals surface area contributed by atoms with Crippen LogP contribution in [0.4, 0.5) is 4.79 Å². The van der Waals surface area contributed by atoms with E-state index in [4.69, 9.17) is 4.74 Å². The van der Waals surface area contributed by atoms with Gasteiger partial charge in [-0.3, -0.25) is 14.9 Å². The third-order valence-corrected chi connectivity index (χ3v) is 4.35. The van der Waals surface area contributed by atoms with Crippen LogP contribution in [-0.4, -0.2) is 30.6 Å². The molecule has 1 saturated carbocycles. The number of hydrogen-bond donors (Lipinski definition) is 2. The Balaban J connectivity index is 1.65. The van der Waals surface area contributed by atoms with E-state index in [1.807, 2.05) is 12.1 Å². The van der Waals surface area contributed by atoms with Gasteiger partial charge in [0.15, 0.2) is 6.61 Å². The highest BCUT2D eigenvalue weighted by Crippen LogP contribution is 2.17. The van der Waals surface area contributed by atoms with Gasteiger partial charge in [0.2, 0.25) is 0 Å². The van der Waals surface area contributed by atoms with Gasteiger partial charge in [-0.15, -0.1) is 0 Å². The molecule has 2 N–H and O–H groups in total. The SMILES string of the molecule is O=C(COC(=O)Cc1ccc(Br)cc1)NC(=O)NC1CCCCC1. The van der Waals surface area contributed by atoms with E-state index in [1.54, 1.807) is 12.1 Å². The molecule has 3 amide bonds. The van der Waals surface area contributed by atoms with Crippen LogP contribution < -0.4 is 10.6 Å². The van der Waals surface area contributed by atoms with E-state index in [1.165, 1.54) is 6.42 Å². The number of hydrogen-bond acceptors (Lipinski definition) is 4. The molecule has 2 rings (SSSR count). The first-order valence-corrected chi connectivity index (χ1v) is 8.82. The summed E-state index contributed by atoms with van der Waals surface area (Å²) in [4.78, 5) is 35.0. The Morgan fingerprint density at radius 3 is 2.42 bits per heavy atom. The molecule has 130 valence electrons. The van der Waals surface area contributed by atoms with E-state index < -0.39 is 24.5 Å². The molecule has 0 saturated heterocycles. The van der Waals surface area contributed by atoms with Gasteiger partial charge in [-0.05, 0) is 30.5 Å². The lowest BCUT2D eigenvalue weighted by molar-refractivity contribution is -0.147. The van der Waals surface area contributed by atoms with Crippen molar-refractivity contribution >= 4 is 33.8 Å². The lowest BCUT2D eigenvalue weighted by atomic mass is 9.96. The van der Waals surface area contributed by atoms with Crippen LogP contribution in [0.1, 0.15) is 37.7 Å². The Labute approximate surface area is 149 Å². The standard InChI is InChI=1S/C17H21BrN2O4/c18-13-8-6-12(7-9-13)10-16(22)24-11-15(21)20-17(23)19-14-4-2-1-3-5-14/h6-9,14H,1-5,10-11H2,(H2,19,20,21,23). The number of ether oxygens (including phenoxy) is 1. The fourth-order valence-corrected chi connectivity index (χ4v) is 2.86. The van der Waals surface area contributed by atoms with Crippen LogP contribution in [0.25, 0.3) is 0 Å². The first-order valence-electron chi connectivity index (χ1n) is 8.03. The van der Waals surface area contributed by atoms with E-state index in [0.29, 0.717) is 0 Å². The number of rotatable bonds is 5. The summed E-state index contributed by atoms with van der Waals surface area (Å²) in [6.45, 7) is -0.465. The number of nitrogens with one attached hydrogen (secondary N) is 2. The zero-order valence-electron chi connectivity index (χ0n) is 13.3. The molecular formula is C17H21BrN2O4. The average Bonchev–Trinajstić information content (AvgIpc) is 2.56. The van der Waals surface area contributed by atoms with E-state index >= 15 is 0 Å². The number of imide groups is 1. The zero-order chi connectivity index (χ0) is 17.4. The fraction of sp³-hybridized carbons (Fsp3) is 0.471. The smallest absolute Gasteiger partial charge is 0.321 e. The zero-order valence-corrected chi connectivity index (χ0v) is 14.9. The molecular weight excluding hydrogens is 376 g/mol. The summed E-state index contributed by atoms with van der Waals surface area (Å²) < 4.78 is 5.81. The Morgan fingerprint density at radius 2 is 1.75 bits per heavy atom. The summed E-state index contributed by atoms with van der Waals surface area (Å²) in [5.74, 6) is -1.15. The van der Waals surface area contributed by atoms with E-state index in [0.717, 1.165) is 35.7 Å². The van der Waals surface area contributed by atoms with Crippen molar-refractivity contribution in [2.24, 2.45) is 0 Å². The maximum absolute atomic E-state index is 11.7. The number of carbonyl (C=O) groups is 3. The molecule has 1 fully saturated rings. The fourth-order valence-electron chi connectivity index (χ4n) is 2.60. The van der Waals surface area contributed by atoms with Gasteiger partial charge in [-0.2, -0.15) is 0 Å². The van der Waals surface area contributed by atoms with Crippen molar-refractivity contribution in [3.05, 3.63) is 34.3 Å². The topological polar surface area (TPSA) is 84.5 Å². The Hall–Kier alpha value is -1.89. The molecule has 0 unspecified atom stereocenters. The van der Waals surface area contributed by atoms with E-state index in [2.05, 4.69) is 26.6 Å². The number of benzene rings is 1. The van der Waals surface area contributed by atoms with Gasteiger partial charge < -0.3 is 10.1 Å². The van der Waals surface area contributed by atoms with Crippen molar-refractivity contribution in [3.63, 3.8) is 0 Å². The Morgan fingerprint density at radius 1 is 1.08 bits per heavy atom. The minimum atomic E-state index is -0.632. The van der Waals surface area contributed by atoms with Crippen molar-refractivity contribution in [1.29, 1.82) is 0 Å². The quantitative estimate of drug-likeness (QED) is 0.749. The maximum atomic E-state index is 11.7. The van der Waals surface area contributed by atoms with E-state index in [9.17, 15) is 14.4 Å². The summed E-state index contributed by atoms with van der Waals surface area (Å²) in [7, 11) is 0. The van der Waals surface area contributed by atoms with Crippen LogP contribution in [0.2, 0.25) is 0 Å². The van der Waals surface area contributed by atoms with Gasteiger partial charge in [0.1, 0.15) is 0 Å². The number of esters is 1. The lowest BCUT2D eigenvalue weighted by Gasteiger charge is -2.22. The molecule has 0 bridgehead atoms. The molecule has 0 aliphatic heterocycles. The summed E-state index contributed by atoms with van der Waals surface area (Å²) in [6.07, 6.45) is 5.31. The van der Waals surface area contributed by atoms with Gasteiger partial charge in [-0.25, -0.2) is 4.79 Å². The van der Waals surface area contributed by atoms with Crippen LogP contribution in [0, 0.1) is 0 Å². The van der Waals surface area contributed by atoms with Crippen molar-refractivity contribution < 1.29 is 19.1 Å². The lowest BCUT2D eigenvalue weighted by Crippen LogP contribution is -2.46. The Bertz CT molecular complexity index is 583. The summed E-state index contributed by atoms with van der Waals surface area (Å²) in [5, 5.41) is 4.95. The van der Waals surface area contributed by atoms with Crippen LogP contribution >= 0.6 is 15.9 Å². The van der Waals surface area contributed by atoms with Gasteiger partial charge in [0.05, 0.1) is 6.42 Å². The highest BCUT2D eigenvalue weighted by atomic mass is 79.9. The maximum Gasteiger partial charge on any atom is 0.321 e. The molecule has 0 heterocycles. The molecule has 6 nitrogen and oxygen atoms in total. The van der Waals surface area contributed by atoms with Gasteiger partial charge in [0, 0.05) is 10.5 Å². The van der Waals surface area contributed by atoms with Crippen LogP contribution in [-0.2, 0) is 20.7 Å². The van der Waals surface area contributed by atoms with Gasteiger partial charge in [-0.1, -0.05) is 47.3 Å². The summed E-state index contributed by atoms with van der Waals surface area (Å²) >= 11 is 3.31. The largest absolute Gasteiger partial charge is 0.455 e. The predicted octanol–water partition coefficient (Wildman–Crippen LogP) is 2.69.